The van der Waals surface area contributed by atoms with Crippen LogP contribution in [0.15, 0.2) is 18.3 Å². The first kappa shape index (κ1) is 21.2. The maximum Gasteiger partial charge on any atom is 0.228 e. The molecule has 1 atom stereocenters. The molecule has 0 spiro atoms. The van der Waals surface area contributed by atoms with Crippen LogP contribution >= 0.6 is 24.8 Å². The van der Waals surface area contributed by atoms with Gasteiger partial charge in [0.1, 0.15) is 5.82 Å². The molecule has 0 bridgehead atoms. The molecule has 0 saturated heterocycles. The molecule has 0 fully saturated rings. The van der Waals surface area contributed by atoms with Crippen LogP contribution in [0.3, 0.4) is 0 Å². The van der Waals surface area contributed by atoms with Gasteiger partial charge in [-0.1, -0.05) is 0 Å². The van der Waals surface area contributed by atoms with Crippen LogP contribution in [-0.4, -0.2) is 44.7 Å². The highest BCUT2D eigenvalue weighted by Gasteiger charge is 2.11. The predicted molar refractivity (Wildman–Crippen MR) is 86.2 cm³/mol. The van der Waals surface area contributed by atoms with E-state index in [-0.39, 0.29) is 43.2 Å². The quantitative estimate of drug-likeness (QED) is 0.824. The van der Waals surface area contributed by atoms with Gasteiger partial charge in [-0.15, -0.1) is 24.8 Å². The molecule has 1 unspecified atom stereocenters. The zero-order valence-corrected chi connectivity index (χ0v) is 13.5. The van der Waals surface area contributed by atoms with Gasteiger partial charge in [-0.2, -0.15) is 0 Å². The number of nitrogens with zero attached hydrogens (tertiary/aromatic N) is 2. The fourth-order valence-electron chi connectivity index (χ4n) is 1.39. The molecule has 0 saturated carbocycles. The van der Waals surface area contributed by atoms with E-state index in [1.54, 1.807) is 12.3 Å². The number of amides is 1. The molecular formula is C12H22Cl2N4O2. The molecule has 8 heteroatoms. The second-order valence-electron chi connectivity index (χ2n) is 4.14. The van der Waals surface area contributed by atoms with Gasteiger partial charge in [-0.25, -0.2) is 4.98 Å². The van der Waals surface area contributed by atoms with Gasteiger partial charge in [0.2, 0.25) is 5.91 Å². The van der Waals surface area contributed by atoms with Crippen molar-refractivity contribution < 1.29 is 9.53 Å². The second-order valence-corrected chi connectivity index (χ2v) is 4.14. The molecule has 0 aliphatic carbocycles. The van der Waals surface area contributed by atoms with Crippen LogP contribution in [0, 0.1) is 0 Å². The summed E-state index contributed by atoms with van der Waals surface area (Å²) in [5.74, 6) is 0.370. The van der Waals surface area contributed by atoms with Crippen molar-refractivity contribution in [1.82, 2.24) is 4.98 Å². The molecule has 1 amide bonds. The molecule has 6 nitrogen and oxygen atoms in total. The van der Waals surface area contributed by atoms with Crippen LogP contribution in [0.4, 0.5) is 11.5 Å². The van der Waals surface area contributed by atoms with Crippen LogP contribution in [-0.2, 0) is 9.53 Å². The van der Waals surface area contributed by atoms with Gasteiger partial charge >= 0.3 is 0 Å². The summed E-state index contributed by atoms with van der Waals surface area (Å²) in [4.78, 5) is 17.8. The molecule has 3 N–H and O–H groups in total. The monoisotopic (exact) mass is 324 g/mol. The first-order valence-electron chi connectivity index (χ1n) is 5.73. The molecular weight excluding hydrogens is 303 g/mol. The van der Waals surface area contributed by atoms with E-state index in [0.717, 1.165) is 5.69 Å². The third kappa shape index (κ3) is 6.91. The van der Waals surface area contributed by atoms with Crippen molar-refractivity contribution in [3.05, 3.63) is 18.3 Å². The number of carbonyl (C=O) groups is 1. The topological polar surface area (TPSA) is 80.5 Å². The van der Waals surface area contributed by atoms with Crippen molar-refractivity contribution in [1.29, 1.82) is 0 Å². The smallest absolute Gasteiger partial charge is 0.228 e. The van der Waals surface area contributed by atoms with Crippen molar-refractivity contribution >= 4 is 42.2 Å². The number of ether oxygens (including phenoxy) is 1. The number of methoxy groups -OCH3 is 1. The largest absolute Gasteiger partial charge is 0.380 e. The summed E-state index contributed by atoms with van der Waals surface area (Å²) >= 11 is 0. The summed E-state index contributed by atoms with van der Waals surface area (Å²) in [6.45, 7) is 0.316. The van der Waals surface area contributed by atoms with Crippen LogP contribution in [0.25, 0.3) is 0 Å². The minimum absolute atomic E-state index is 0. The highest BCUT2D eigenvalue weighted by atomic mass is 35.5. The lowest BCUT2D eigenvalue weighted by atomic mass is 10.2. The lowest BCUT2D eigenvalue weighted by molar-refractivity contribution is -0.118. The van der Waals surface area contributed by atoms with Gasteiger partial charge in [-0.05, 0) is 12.1 Å². The number of anilines is 2. The zero-order chi connectivity index (χ0) is 13.5. The van der Waals surface area contributed by atoms with Crippen molar-refractivity contribution in [2.45, 2.75) is 12.5 Å². The average molecular weight is 325 g/mol. The fraction of sp³-hybridized carbons (Fsp3) is 0.500. The molecule has 0 radical (unpaired) electrons. The second kappa shape index (κ2) is 10.7. The van der Waals surface area contributed by atoms with Crippen LogP contribution < -0.4 is 16.0 Å². The number of hydrogen-bond donors (Lipinski definition) is 2. The Balaban J connectivity index is 0. The molecule has 0 aliphatic heterocycles. The summed E-state index contributed by atoms with van der Waals surface area (Å²) in [7, 11) is 5.40. The standard InChI is InChI=1S/C12H20N4O2.2ClH/c1-16(2)9-4-5-11(14-8-9)15-12(17)6-10(7-13)18-3;;/h4-5,8,10H,6-7,13H2,1-3H3,(H,14,15,17);2*1H. The molecule has 1 rings (SSSR count). The Morgan fingerprint density at radius 1 is 1.45 bits per heavy atom. The van der Waals surface area contributed by atoms with Gasteiger partial charge in [-0.3, -0.25) is 4.79 Å². The van der Waals surface area contributed by atoms with Crippen LogP contribution in [0.1, 0.15) is 6.42 Å². The van der Waals surface area contributed by atoms with E-state index in [0.29, 0.717) is 12.4 Å². The van der Waals surface area contributed by atoms with Gasteiger partial charge < -0.3 is 20.7 Å². The highest BCUT2D eigenvalue weighted by Crippen LogP contribution is 2.12. The molecule has 0 aliphatic rings. The van der Waals surface area contributed by atoms with E-state index in [2.05, 4.69) is 10.3 Å². The molecule has 20 heavy (non-hydrogen) atoms. The summed E-state index contributed by atoms with van der Waals surface area (Å²) in [6.07, 6.45) is 1.67. The fourth-order valence-corrected chi connectivity index (χ4v) is 1.39. The Morgan fingerprint density at radius 3 is 2.50 bits per heavy atom. The third-order valence-corrected chi connectivity index (χ3v) is 2.54. The van der Waals surface area contributed by atoms with E-state index < -0.39 is 0 Å². The maximum absolute atomic E-state index is 11.7. The van der Waals surface area contributed by atoms with Crippen molar-refractivity contribution in [3.8, 4) is 0 Å². The number of nitrogens with one attached hydrogen (secondary N) is 1. The Kier molecular flexibility index (Phi) is 11.3. The van der Waals surface area contributed by atoms with Crippen molar-refractivity contribution in [2.24, 2.45) is 5.73 Å². The molecule has 1 aromatic heterocycles. The van der Waals surface area contributed by atoms with E-state index in [1.807, 2.05) is 25.1 Å². The Bertz CT molecular complexity index is 384. The molecule has 116 valence electrons. The first-order chi connectivity index (χ1) is 8.56. The van der Waals surface area contributed by atoms with Crippen molar-refractivity contribution in [3.63, 3.8) is 0 Å². The van der Waals surface area contributed by atoms with Crippen LogP contribution in [0.2, 0.25) is 0 Å². The number of rotatable bonds is 6. The Morgan fingerprint density at radius 2 is 2.10 bits per heavy atom. The average Bonchev–Trinajstić information content (AvgIpc) is 2.36. The van der Waals surface area contributed by atoms with Gasteiger partial charge in [0.25, 0.3) is 0 Å². The Hall–Kier alpha value is -1.08. The lowest BCUT2D eigenvalue weighted by Crippen LogP contribution is -2.28. The summed E-state index contributed by atoms with van der Waals surface area (Å²) in [5, 5.41) is 2.70. The van der Waals surface area contributed by atoms with E-state index >= 15 is 0 Å². The number of hydrogen-bond acceptors (Lipinski definition) is 5. The van der Waals surface area contributed by atoms with Gasteiger partial charge in [0.15, 0.2) is 0 Å². The SMILES string of the molecule is COC(CN)CC(=O)Nc1ccc(N(C)C)cn1.Cl.Cl. The zero-order valence-electron chi connectivity index (χ0n) is 11.8. The molecule has 1 heterocycles. The number of nitrogens with two attached hydrogens (primary N) is 1. The van der Waals surface area contributed by atoms with E-state index in [9.17, 15) is 4.79 Å². The minimum Gasteiger partial charge on any atom is -0.380 e. The van der Waals surface area contributed by atoms with E-state index in [1.165, 1.54) is 7.11 Å². The first-order valence-corrected chi connectivity index (χ1v) is 5.73. The highest BCUT2D eigenvalue weighted by molar-refractivity contribution is 5.90. The van der Waals surface area contributed by atoms with E-state index in [4.69, 9.17) is 10.5 Å². The van der Waals surface area contributed by atoms with Crippen LogP contribution in [0.5, 0.6) is 0 Å². The number of halogens is 2. The molecule has 0 aromatic carbocycles. The summed E-state index contributed by atoms with van der Waals surface area (Å²) in [6, 6.07) is 3.65. The lowest BCUT2D eigenvalue weighted by Gasteiger charge is -2.14. The number of pyridine rings is 1. The molecule has 1 aromatic rings. The summed E-state index contributed by atoms with van der Waals surface area (Å²) < 4.78 is 5.05. The minimum atomic E-state index is -0.258. The van der Waals surface area contributed by atoms with Gasteiger partial charge in [0.05, 0.1) is 24.4 Å². The number of aromatic nitrogens is 1. The van der Waals surface area contributed by atoms with Gasteiger partial charge in [0, 0.05) is 27.7 Å². The number of carbonyl (C=O) groups excluding carboxylic acids is 1. The summed E-state index contributed by atoms with van der Waals surface area (Å²) in [5.41, 5.74) is 6.43. The normalized spacial score (nSPS) is 10.8. The Labute approximate surface area is 131 Å². The van der Waals surface area contributed by atoms with Crippen molar-refractivity contribution in [2.75, 3.05) is 38.0 Å². The third-order valence-electron chi connectivity index (χ3n) is 2.54. The predicted octanol–water partition coefficient (Wildman–Crippen LogP) is 1.29. The maximum atomic E-state index is 11.7.